The van der Waals surface area contributed by atoms with E-state index in [-0.39, 0.29) is 18.2 Å². The molecule has 0 N–H and O–H groups in total. The summed E-state index contributed by atoms with van der Waals surface area (Å²) in [5.74, 6) is 1.53. The van der Waals surface area contributed by atoms with Gasteiger partial charge in [-0.2, -0.15) is 13.2 Å². The molecule has 2 saturated heterocycles. The van der Waals surface area contributed by atoms with Crippen molar-refractivity contribution in [1.29, 1.82) is 0 Å². The molecule has 1 aromatic heterocycles. The summed E-state index contributed by atoms with van der Waals surface area (Å²) in [6, 6.07) is 9.37. The molecule has 0 aliphatic carbocycles. The van der Waals surface area contributed by atoms with Gasteiger partial charge in [0.05, 0.1) is 5.56 Å². The number of alkyl halides is 3. The van der Waals surface area contributed by atoms with Crippen molar-refractivity contribution >= 4 is 11.9 Å². The number of piperidine rings is 1. The average molecular weight is 416 g/mol. The topological polar surface area (TPSA) is 25.4 Å². The molecule has 3 heterocycles. The van der Waals surface area contributed by atoms with Crippen LogP contribution in [0.15, 0.2) is 42.6 Å². The third kappa shape index (κ3) is 4.32. The van der Waals surface area contributed by atoms with Gasteiger partial charge in [-0.05, 0) is 50.5 Å². The van der Waals surface area contributed by atoms with E-state index in [1.165, 1.54) is 11.6 Å². The molecule has 2 aliphatic rings. The summed E-state index contributed by atoms with van der Waals surface area (Å²) in [7, 11) is 0. The highest BCUT2D eigenvalue weighted by Crippen LogP contribution is 2.41. The summed E-state index contributed by atoms with van der Waals surface area (Å²) in [4.78, 5) is 6.33. The van der Waals surface area contributed by atoms with E-state index in [9.17, 15) is 13.2 Å². The Morgan fingerprint density at radius 3 is 2.47 bits per heavy atom. The maximum Gasteiger partial charge on any atom is 0.417 e. The molecule has 3 nitrogen and oxygen atoms in total. The Hall–Kier alpha value is -2.50. The smallest absolute Gasteiger partial charge is 0.417 e. The second-order valence-corrected chi connectivity index (χ2v) is 8.26. The first-order valence-corrected chi connectivity index (χ1v) is 10.6. The fraction of sp³-hybridized carbons (Fsp3) is 0.458. The van der Waals surface area contributed by atoms with Crippen molar-refractivity contribution < 1.29 is 17.9 Å². The van der Waals surface area contributed by atoms with Gasteiger partial charge in [0.15, 0.2) is 0 Å². The van der Waals surface area contributed by atoms with Crippen molar-refractivity contribution in [3.05, 3.63) is 59.3 Å². The number of benzene rings is 1. The van der Waals surface area contributed by atoms with Gasteiger partial charge in [-0.15, -0.1) is 0 Å². The fourth-order valence-corrected chi connectivity index (χ4v) is 4.63. The maximum atomic E-state index is 12.8. The highest BCUT2D eigenvalue weighted by molar-refractivity contribution is 5.58. The minimum Gasteiger partial charge on any atom is -0.490 e. The van der Waals surface area contributed by atoms with Crippen molar-refractivity contribution in [3.63, 3.8) is 0 Å². The molecule has 2 bridgehead atoms. The van der Waals surface area contributed by atoms with E-state index in [0.29, 0.717) is 5.82 Å². The van der Waals surface area contributed by atoms with Crippen LogP contribution in [0.3, 0.4) is 0 Å². The molecule has 0 saturated carbocycles. The van der Waals surface area contributed by atoms with Crippen LogP contribution in [0.5, 0.6) is 5.75 Å². The van der Waals surface area contributed by atoms with E-state index in [4.69, 9.17) is 4.74 Å². The molecule has 1 unspecified atom stereocenters. The van der Waals surface area contributed by atoms with Crippen LogP contribution < -0.4 is 9.64 Å². The zero-order valence-corrected chi connectivity index (χ0v) is 17.3. The number of hydrogen-bond donors (Lipinski definition) is 0. The van der Waals surface area contributed by atoms with Crippen molar-refractivity contribution in [3.8, 4) is 5.75 Å². The largest absolute Gasteiger partial charge is 0.490 e. The van der Waals surface area contributed by atoms with Crippen LogP contribution in [-0.4, -0.2) is 23.2 Å². The van der Waals surface area contributed by atoms with Crippen molar-refractivity contribution in [2.45, 2.75) is 70.3 Å². The summed E-state index contributed by atoms with van der Waals surface area (Å²) in [6.45, 7) is 4.18. The number of aromatic nitrogens is 1. The van der Waals surface area contributed by atoms with Crippen LogP contribution in [-0.2, 0) is 6.18 Å². The summed E-state index contributed by atoms with van der Waals surface area (Å²) >= 11 is 0. The lowest BCUT2D eigenvalue weighted by Gasteiger charge is -2.40. The lowest BCUT2D eigenvalue weighted by Crippen LogP contribution is -2.46. The molecule has 2 aliphatic heterocycles. The first-order chi connectivity index (χ1) is 14.3. The number of rotatable bonds is 5. The number of ether oxygens (including phenoxy) is 1. The number of fused-ring (bicyclic) bond motifs is 2. The van der Waals surface area contributed by atoms with Gasteiger partial charge in [0.2, 0.25) is 0 Å². The Kier molecular flexibility index (Phi) is 5.76. The van der Waals surface area contributed by atoms with Gasteiger partial charge in [0.25, 0.3) is 0 Å². The van der Waals surface area contributed by atoms with Crippen LogP contribution >= 0.6 is 0 Å². The van der Waals surface area contributed by atoms with E-state index >= 15 is 0 Å². The van der Waals surface area contributed by atoms with Gasteiger partial charge in [0, 0.05) is 36.7 Å². The second kappa shape index (κ2) is 8.32. The Morgan fingerprint density at radius 2 is 1.87 bits per heavy atom. The Balaban J connectivity index is 1.48. The number of halogens is 3. The third-order valence-corrected chi connectivity index (χ3v) is 6.02. The normalized spacial score (nSPS) is 23.9. The van der Waals surface area contributed by atoms with Gasteiger partial charge >= 0.3 is 6.18 Å². The van der Waals surface area contributed by atoms with Crippen LogP contribution in [0.2, 0.25) is 0 Å². The van der Waals surface area contributed by atoms with Gasteiger partial charge in [-0.3, -0.25) is 0 Å². The Labute approximate surface area is 175 Å². The summed E-state index contributed by atoms with van der Waals surface area (Å²) in [6.07, 6.45) is 5.63. The molecule has 0 amide bonds. The van der Waals surface area contributed by atoms with Crippen LogP contribution in [0, 0.1) is 6.92 Å². The molecule has 2 fully saturated rings. The molecule has 0 radical (unpaired) electrons. The Bertz CT molecular complexity index is 894. The quantitative estimate of drug-likeness (QED) is 0.563. The molecule has 160 valence electrons. The predicted molar refractivity (Wildman–Crippen MR) is 113 cm³/mol. The van der Waals surface area contributed by atoms with E-state index < -0.39 is 11.7 Å². The summed E-state index contributed by atoms with van der Waals surface area (Å²) in [5, 5.41) is 0. The van der Waals surface area contributed by atoms with Crippen molar-refractivity contribution in [1.82, 2.24) is 4.98 Å². The van der Waals surface area contributed by atoms with Gasteiger partial charge in [-0.1, -0.05) is 30.7 Å². The fourth-order valence-electron chi connectivity index (χ4n) is 4.63. The monoisotopic (exact) mass is 416 g/mol. The molecule has 3 atom stereocenters. The number of nitrogens with zero attached hydrogens (tertiary/aromatic N) is 2. The van der Waals surface area contributed by atoms with E-state index in [1.807, 2.05) is 6.07 Å². The third-order valence-electron chi connectivity index (χ3n) is 6.02. The lowest BCUT2D eigenvalue weighted by molar-refractivity contribution is -0.137. The molecule has 2 aromatic rings. The minimum absolute atomic E-state index is 0.102. The highest BCUT2D eigenvalue weighted by Gasteiger charge is 2.42. The molecular weight excluding hydrogens is 389 g/mol. The molecule has 4 rings (SSSR count). The molecule has 30 heavy (non-hydrogen) atoms. The van der Waals surface area contributed by atoms with Crippen LogP contribution in [0.25, 0.3) is 6.08 Å². The van der Waals surface area contributed by atoms with Gasteiger partial charge in [0.1, 0.15) is 17.7 Å². The number of aryl methyl sites for hydroxylation is 1. The van der Waals surface area contributed by atoms with Crippen molar-refractivity contribution in [2.24, 2.45) is 0 Å². The molecule has 0 spiro atoms. The maximum absolute atomic E-state index is 12.8. The van der Waals surface area contributed by atoms with Crippen molar-refractivity contribution in [2.75, 3.05) is 4.90 Å². The highest BCUT2D eigenvalue weighted by atomic mass is 19.4. The lowest BCUT2D eigenvalue weighted by atomic mass is 9.99. The summed E-state index contributed by atoms with van der Waals surface area (Å²) < 4.78 is 45.0. The van der Waals surface area contributed by atoms with E-state index in [2.05, 4.69) is 48.0 Å². The van der Waals surface area contributed by atoms with Crippen LogP contribution in [0.1, 0.15) is 55.7 Å². The number of hydrogen-bond acceptors (Lipinski definition) is 3. The van der Waals surface area contributed by atoms with Gasteiger partial charge < -0.3 is 9.64 Å². The second-order valence-electron chi connectivity index (χ2n) is 8.26. The summed E-state index contributed by atoms with van der Waals surface area (Å²) in [5.41, 5.74) is 1.58. The Morgan fingerprint density at radius 1 is 1.13 bits per heavy atom. The zero-order chi connectivity index (χ0) is 21.3. The minimum atomic E-state index is -4.36. The first kappa shape index (κ1) is 20.8. The molecule has 6 heteroatoms. The predicted octanol–water partition coefficient (Wildman–Crippen LogP) is 6.41. The van der Waals surface area contributed by atoms with Crippen LogP contribution in [0.4, 0.5) is 19.0 Å². The van der Waals surface area contributed by atoms with E-state index in [1.54, 1.807) is 0 Å². The first-order valence-electron chi connectivity index (χ1n) is 10.6. The molecular formula is C24H27F3N2O. The zero-order valence-electron chi connectivity index (χ0n) is 17.3. The van der Waals surface area contributed by atoms with Gasteiger partial charge in [-0.25, -0.2) is 4.98 Å². The molecule has 1 aromatic carbocycles. The SMILES string of the molecule is CC/C=C/c1cc(C)ccc1OC1C[C@H]2CC[C@@H](C1)N2c1ccc(C(F)(F)F)cn1. The number of pyridine rings is 1. The standard InChI is InChI=1S/C24H27F3N2O/c1-3-4-5-17-12-16(2)6-10-22(17)30-21-13-19-8-9-20(14-21)29(19)23-11-7-18(15-28-23)24(25,26)27/h4-7,10-12,15,19-21H,3,8-9,13-14H2,1-2H3/b5-4+/t19-,20+,21?. The number of anilines is 1. The van der Waals surface area contributed by atoms with E-state index in [0.717, 1.165) is 55.7 Å². The number of allylic oxidation sites excluding steroid dienone is 1. The average Bonchev–Trinajstić information content (AvgIpc) is 2.98.